The Kier molecular flexibility index (Phi) is 9.25. The van der Waals surface area contributed by atoms with Crippen molar-refractivity contribution in [2.75, 3.05) is 25.5 Å². The van der Waals surface area contributed by atoms with Gasteiger partial charge in [0.15, 0.2) is 0 Å². The van der Waals surface area contributed by atoms with Crippen LogP contribution in [0.1, 0.15) is 88.5 Å². The van der Waals surface area contributed by atoms with Crippen LogP contribution in [-0.2, 0) is 15.9 Å². The second-order valence-corrected chi connectivity index (χ2v) is 12.8. The standard InChI is InChI=1S/C32H43N5O5/c1-31(2,3)41-29(39)33-15-9-12-21-11-8-13-22(17-21)28(38)35-27-19-25-23(20-34-27)18-26(24-14-10-16-36(24)7)37(25)30(40)42-32(4,5)6/h8,11,13,17-20,24H,9-10,12,14-16H2,1-7H3,(H,33,39)(H,34,35,38)/t24-/m1/s1. The maximum Gasteiger partial charge on any atom is 0.419 e. The number of hydrogen-bond acceptors (Lipinski definition) is 7. The van der Waals surface area contributed by atoms with Gasteiger partial charge in [0.1, 0.15) is 17.0 Å². The molecule has 226 valence electrons. The van der Waals surface area contributed by atoms with E-state index in [4.69, 9.17) is 9.47 Å². The number of anilines is 1. The number of aryl methyl sites for hydroxylation is 1. The average Bonchev–Trinajstić information content (AvgIpc) is 3.47. The van der Waals surface area contributed by atoms with Crippen molar-refractivity contribution in [3.8, 4) is 0 Å². The van der Waals surface area contributed by atoms with E-state index < -0.39 is 23.4 Å². The van der Waals surface area contributed by atoms with E-state index in [1.54, 1.807) is 22.9 Å². The molecule has 0 radical (unpaired) electrons. The average molecular weight is 578 g/mol. The maximum atomic E-state index is 13.4. The fraction of sp³-hybridized carbons (Fsp3) is 0.500. The number of benzene rings is 1. The highest BCUT2D eigenvalue weighted by Gasteiger charge is 2.30. The van der Waals surface area contributed by atoms with Crippen LogP contribution in [0.2, 0.25) is 0 Å². The van der Waals surface area contributed by atoms with Crippen LogP contribution in [0.4, 0.5) is 15.4 Å². The third-order valence-corrected chi connectivity index (χ3v) is 6.89. The molecular weight excluding hydrogens is 534 g/mol. The fourth-order valence-electron chi connectivity index (χ4n) is 5.09. The molecule has 42 heavy (non-hydrogen) atoms. The van der Waals surface area contributed by atoms with Crippen molar-refractivity contribution in [2.24, 2.45) is 0 Å². The van der Waals surface area contributed by atoms with E-state index in [1.165, 1.54) is 0 Å². The number of nitrogens with one attached hydrogen (secondary N) is 2. The summed E-state index contributed by atoms with van der Waals surface area (Å²) < 4.78 is 12.7. The molecule has 1 saturated heterocycles. The Morgan fingerprint density at radius 1 is 1.02 bits per heavy atom. The van der Waals surface area contributed by atoms with Crippen molar-refractivity contribution in [3.63, 3.8) is 0 Å². The first kappa shape index (κ1) is 31.0. The number of aromatic nitrogens is 2. The van der Waals surface area contributed by atoms with Crippen LogP contribution < -0.4 is 10.6 Å². The number of pyridine rings is 1. The second kappa shape index (κ2) is 12.5. The summed E-state index contributed by atoms with van der Waals surface area (Å²) in [5, 5.41) is 6.44. The molecule has 0 bridgehead atoms. The number of rotatable bonds is 7. The monoisotopic (exact) mass is 577 g/mol. The highest BCUT2D eigenvalue weighted by atomic mass is 16.6. The normalized spacial score (nSPS) is 15.9. The van der Waals surface area contributed by atoms with Gasteiger partial charge in [0, 0.05) is 35.5 Å². The Bertz CT molecular complexity index is 1450. The van der Waals surface area contributed by atoms with Crippen LogP contribution in [-0.4, -0.2) is 63.9 Å². The first-order valence-corrected chi connectivity index (χ1v) is 14.5. The number of fused-ring (bicyclic) bond motifs is 1. The van der Waals surface area contributed by atoms with Crippen LogP contribution in [0, 0.1) is 0 Å². The van der Waals surface area contributed by atoms with Gasteiger partial charge in [-0.15, -0.1) is 0 Å². The lowest BCUT2D eigenvalue weighted by molar-refractivity contribution is 0.0518. The molecule has 1 atom stereocenters. The Labute approximate surface area is 247 Å². The summed E-state index contributed by atoms with van der Waals surface area (Å²) >= 11 is 0. The minimum atomic E-state index is -0.659. The third-order valence-electron chi connectivity index (χ3n) is 6.89. The molecule has 1 aliphatic heterocycles. The van der Waals surface area contributed by atoms with Gasteiger partial charge in [0.05, 0.1) is 11.6 Å². The summed E-state index contributed by atoms with van der Waals surface area (Å²) in [6, 6.07) is 11.2. The summed E-state index contributed by atoms with van der Waals surface area (Å²) in [7, 11) is 2.06. The Morgan fingerprint density at radius 2 is 1.76 bits per heavy atom. The SMILES string of the molecule is CN1CCC[C@@H]1c1cc2cnc(NC(=O)c3cccc(CCCNC(=O)OC(C)(C)C)c3)cc2n1C(=O)OC(C)(C)C. The van der Waals surface area contributed by atoms with Crippen LogP contribution in [0.25, 0.3) is 10.9 Å². The number of ether oxygens (including phenoxy) is 2. The summed E-state index contributed by atoms with van der Waals surface area (Å²) in [5.41, 5.74) is 1.76. The first-order chi connectivity index (χ1) is 19.7. The van der Waals surface area contributed by atoms with Crippen LogP contribution in [0.15, 0.2) is 42.6 Å². The van der Waals surface area contributed by atoms with Gasteiger partial charge in [0.25, 0.3) is 5.91 Å². The number of likely N-dealkylation sites (tertiary alicyclic amines) is 1. The number of carbonyl (C=O) groups excluding carboxylic acids is 3. The van der Waals surface area contributed by atoms with Gasteiger partial charge in [-0.2, -0.15) is 0 Å². The number of carbonyl (C=O) groups is 3. The van der Waals surface area contributed by atoms with Gasteiger partial charge in [-0.3, -0.25) is 9.69 Å². The number of alkyl carbamates (subject to hydrolysis) is 1. The predicted octanol–water partition coefficient (Wildman–Crippen LogP) is 6.30. The summed E-state index contributed by atoms with van der Waals surface area (Å²) in [5.74, 6) is 0.0374. The van der Waals surface area contributed by atoms with Crippen LogP contribution in [0.3, 0.4) is 0 Å². The second-order valence-electron chi connectivity index (χ2n) is 12.8. The minimum absolute atomic E-state index is 0.0880. The molecule has 1 aliphatic rings. The lowest BCUT2D eigenvalue weighted by Crippen LogP contribution is -2.33. The van der Waals surface area contributed by atoms with E-state index in [0.29, 0.717) is 36.3 Å². The van der Waals surface area contributed by atoms with Crippen molar-refractivity contribution < 1.29 is 23.9 Å². The summed E-state index contributed by atoms with van der Waals surface area (Å²) in [6.07, 6.45) is 4.16. The van der Waals surface area contributed by atoms with E-state index >= 15 is 0 Å². The molecule has 0 unspecified atom stereocenters. The topological polar surface area (TPSA) is 115 Å². The van der Waals surface area contributed by atoms with E-state index in [9.17, 15) is 14.4 Å². The van der Waals surface area contributed by atoms with Gasteiger partial charge < -0.3 is 20.1 Å². The molecule has 1 fully saturated rings. The first-order valence-electron chi connectivity index (χ1n) is 14.5. The van der Waals surface area contributed by atoms with Crippen LogP contribution in [0.5, 0.6) is 0 Å². The lowest BCUT2D eigenvalue weighted by Gasteiger charge is -2.24. The van der Waals surface area contributed by atoms with Gasteiger partial charge >= 0.3 is 12.2 Å². The zero-order chi connectivity index (χ0) is 30.7. The molecule has 3 heterocycles. The van der Waals surface area contributed by atoms with E-state index in [2.05, 4.69) is 27.6 Å². The van der Waals surface area contributed by atoms with Crippen molar-refractivity contribution in [2.45, 2.75) is 84.5 Å². The zero-order valence-electron chi connectivity index (χ0n) is 25.7. The van der Waals surface area contributed by atoms with Gasteiger partial charge in [-0.25, -0.2) is 19.1 Å². The smallest absolute Gasteiger partial charge is 0.419 e. The Balaban J connectivity index is 1.49. The van der Waals surface area contributed by atoms with Gasteiger partial charge in [-0.1, -0.05) is 12.1 Å². The molecule has 2 amide bonds. The highest BCUT2D eigenvalue weighted by molar-refractivity contribution is 6.04. The maximum absolute atomic E-state index is 13.4. The van der Waals surface area contributed by atoms with Crippen LogP contribution >= 0.6 is 0 Å². The van der Waals surface area contributed by atoms with Gasteiger partial charge in [-0.05, 0) is 105 Å². The van der Waals surface area contributed by atoms with Crippen molar-refractivity contribution >= 4 is 34.8 Å². The molecule has 0 aliphatic carbocycles. The summed E-state index contributed by atoms with van der Waals surface area (Å²) in [4.78, 5) is 45.2. The lowest BCUT2D eigenvalue weighted by atomic mass is 10.1. The quantitative estimate of drug-likeness (QED) is 0.317. The zero-order valence-corrected chi connectivity index (χ0v) is 25.7. The molecule has 2 N–H and O–H groups in total. The third kappa shape index (κ3) is 8.09. The predicted molar refractivity (Wildman–Crippen MR) is 163 cm³/mol. The van der Waals surface area contributed by atoms with Crippen molar-refractivity contribution in [3.05, 3.63) is 59.4 Å². The molecule has 10 heteroatoms. The molecule has 3 aromatic rings. The number of nitrogens with zero attached hydrogens (tertiary/aromatic N) is 3. The number of amides is 2. The van der Waals surface area contributed by atoms with Crippen molar-refractivity contribution in [1.29, 1.82) is 0 Å². The Hall–Kier alpha value is -3.92. The Morgan fingerprint density at radius 3 is 2.43 bits per heavy atom. The van der Waals surface area contributed by atoms with E-state index in [1.807, 2.05) is 65.8 Å². The van der Waals surface area contributed by atoms with E-state index in [-0.39, 0.29) is 11.9 Å². The minimum Gasteiger partial charge on any atom is -0.444 e. The molecule has 4 rings (SSSR count). The largest absolute Gasteiger partial charge is 0.444 e. The van der Waals surface area contributed by atoms with Crippen molar-refractivity contribution in [1.82, 2.24) is 19.8 Å². The van der Waals surface area contributed by atoms with E-state index in [0.717, 1.165) is 36.0 Å². The summed E-state index contributed by atoms with van der Waals surface area (Å²) in [6.45, 7) is 12.4. The molecule has 10 nitrogen and oxygen atoms in total. The fourth-order valence-corrected chi connectivity index (χ4v) is 5.09. The molecule has 0 saturated carbocycles. The van der Waals surface area contributed by atoms with Gasteiger partial charge in [0.2, 0.25) is 0 Å². The molecule has 0 spiro atoms. The highest BCUT2D eigenvalue weighted by Crippen LogP contribution is 2.35. The molecule has 1 aromatic carbocycles. The number of hydrogen-bond donors (Lipinski definition) is 2. The molecule has 2 aromatic heterocycles. The molecular formula is C32H43N5O5.